The van der Waals surface area contributed by atoms with Crippen molar-refractivity contribution in [2.24, 2.45) is 5.41 Å². The Morgan fingerprint density at radius 2 is 1.92 bits per heavy atom. The minimum absolute atomic E-state index is 0.117. The van der Waals surface area contributed by atoms with Gasteiger partial charge >= 0.3 is 0 Å². The second-order valence-electron chi connectivity index (χ2n) is 8.57. The van der Waals surface area contributed by atoms with Gasteiger partial charge in [0.1, 0.15) is 0 Å². The molecule has 0 spiro atoms. The summed E-state index contributed by atoms with van der Waals surface area (Å²) in [6, 6.07) is 8.31. The van der Waals surface area contributed by atoms with Crippen LogP contribution in [0.5, 0.6) is 0 Å². The third-order valence-electron chi connectivity index (χ3n) is 4.98. The maximum Gasteiger partial charge on any atom is 0.231 e. The second-order valence-corrected chi connectivity index (χ2v) is 8.57. The van der Waals surface area contributed by atoms with Gasteiger partial charge in [-0.2, -0.15) is 4.98 Å². The Labute approximate surface area is 155 Å². The topological polar surface area (TPSA) is 59.2 Å². The Balaban J connectivity index is 1.74. The van der Waals surface area contributed by atoms with E-state index < -0.39 is 0 Å². The van der Waals surface area contributed by atoms with Gasteiger partial charge in [0.2, 0.25) is 17.6 Å². The van der Waals surface area contributed by atoms with Crippen LogP contribution in [-0.2, 0) is 4.79 Å². The first-order chi connectivity index (χ1) is 12.3. The molecule has 1 aromatic carbocycles. The van der Waals surface area contributed by atoms with Gasteiger partial charge in [-0.05, 0) is 24.3 Å². The quantitative estimate of drug-likeness (QED) is 0.806. The predicted molar refractivity (Wildman–Crippen MR) is 102 cm³/mol. The summed E-state index contributed by atoms with van der Waals surface area (Å²) in [5, 5.41) is 4.17. The van der Waals surface area contributed by atoms with Crippen LogP contribution >= 0.6 is 0 Å². The van der Waals surface area contributed by atoms with Crippen LogP contribution < -0.4 is 0 Å². The number of hydrogen-bond donors (Lipinski definition) is 0. The largest absolute Gasteiger partial charge is 0.341 e. The second kappa shape index (κ2) is 7.22. The van der Waals surface area contributed by atoms with Crippen molar-refractivity contribution >= 4 is 5.91 Å². The monoisotopic (exact) mass is 355 g/mol. The number of rotatable bonds is 3. The molecule has 2 aromatic rings. The number of amides is 1. The molecule has 1 atom stereocenters. The molecule has 0 unspecified atom stereocenters. The summed E-state index contributed by atoms with van der Waals surface area (Å²) >= 11 is 0. The Kier molecular flexibility index (Phi) is 5.17. The van der Waals surface area contributed by atoms with E-state index in [9.17, 15) is 4.79 Å². The lowest BCUT2D eigenvalue weighted by atomic mass is 9.91. The van der Waals surface area contributed by atoms with Gasteiger partial charge in [-0.25, -0.2) is 0 Å². The fraction of sp³-hybridized carbons (Fsp3) is 0.571. The standard InChI is InChI=1S/C21H29N3O2/c1-14(2)15-8-10-16(11-9-15)18-22-19(26-23-18)17-7-6-12-24(13-17)20(25)21(3,4)5/h8-11,14,17H,6-7,12-13H2,1-5H3/t17-/m0/s1. The molecule has 26 heavy (non-hydrogen) atoms. The number of nitrogens with zero attached hydrogens (tertiary/aromatic N) is 3. The van der Waals surface area contributed by atoms with Crippen LogP contribution in [0.3, 0.4) is 0 Å². The highest BCUT2D eigenvalue weighted by atomic mass is 16.5. The fourth-order valence-electron chi connectivity index (χ4n) is 3.37. The molecule has 1 saturated heterocycles. The highest BCUT2D eigenvalue weighted by molar-refractivity contribution is 5.81. The first-order valence-electron chi connectivity index (χ1n) is 9.49. The van der Waals surface area contributed by atoms with E-state index in [1.54, 1.807) is 0 Å². The van der Waals surface area contributed by atoms with Crippen molar-refractivity contribution in [1.82, 2.24) is 15.0 Å². The van der Waals surface area contributed by atoms with Gasteiger partial charge in [0.15, 0.2) is 0 Å². The lowest BCUT2D eigenvalue weighted by molar-refractivity contribution is -0.140. The SMILES string of the molecule is CC(C)c1ccc(-c2noc([C@H]3CCCN(C(=O)C(C)(C)C)C3)n2)cc1. The summed E-state index contributed by atoms with van der Waals surface area (Å²) in [5.74, 6) is 2.06. The molecule has 5 nitrogen and oxygen atoms in total. The van der Waals surface area contributed by atoms with Gasteiger partial charge in [-0.3, -0.25) is 4.79 Å². The molecule has 1 aromatic heterocycles. The van der Waals surface area contributed by atoms with Gasteiger partial charge in [-0.15, -0.1) is 0 Å². The summed E-state index contributed by atoms with van der Waals surface area (Å²) in [5.41, 5.74) is 1.89. The molecule has 5 heteroatoms. The average molecular weight is 355 g/mol. The van der Waals surface area contributed by atoms with E-state index in [1.165, 1.54) is 5.56 Å². The average Bonchev–Trinajstić information content (AvgIpc) is 3.10. The Bertz CT molecular complexity index is 756. The molecule has 140 valence electrons. The smallest absolute Gasteiger partial charge is 0.231 e. The maximum atomic E-state index is 12.6. The molecule has 0 N–H and O–H groups in total. The van der Waals surface area contributed by atoms with E-state index in [4.69, 9.17) is 4.52 Å². The first kappa shape index (κ1) is 18.6. The molecule has 1 fully saturated rings. The molecule has 0 saturated carbocycles. The van der Waals surface area contributed by atoms with Crippen LogP contribution in [0.15, 0.2) is 28.8 Å². The highest BCUT2D eigenvalue weighted by Gasteiger charge is 2.33. The summed E-state index contributed by atoms with van der Waals surface area (Å²) in [6.45, 7) is 11.7. The van der Waals surface area contributed by atoms with E-state index in [0.29, 0.717) is 24.2 Å². The third kappa shape index (κ3) is 3.97. The zero-order valence-electron chi connectivity index (χ0n) is 16.5. The number of carbonyl (C=O) groups is 1. The van der Waals surface area contributed by atoms with Crippen LogP contribution in [0.4, 0.5) is 0 Å². The molecule has 1 aliphatic heterocycles. The number of hydrogen-bond acceptors (Lipinski definition) is 4. The zero-order chi connectivity index (χ0) is 18.9. The molecule has 1 amide bonds. The van der Waals surface area contributed by atoms with Crippen molar-refractivity contribution in [3.05, 3.63) is 35.7 Å². The van der Waals surface area contributed by atoms with Crippen molar-refractivity contribution in [1.29, 1.82) is 0 Å². The molecule has 0 radical (unpaired) electrons. The van der Waals surface area contributed by atoms with E-state index in [1.807, 2.05) is 37.8 Å². The zero-order valence-corrected chi connectivity index (χ0v) is 16.5. The maximum absolute atomic E-state index is 12.6. The van der Waals surface area contributed by atoms with Crippen molar-refractivity contribution in [3.8, 4) is 11.4 Å². The summed E-state index contributed by atoms with van der Waals surface area (Å²) < 4.78 is 5.55. The normalized spacial score (nSPS) is 18.4. The van der Waals surface area contributed by atoms with Crippen LogP contribution in [0.1, 0.15) is 70.8 Å². The van der Waals surface area contributed by atoms with Gasteiger partial charge in [0, 0.05) is 24.1 Å². The van der Waals surface area contributed by atoms with Gasteiger partial charge < -0.3 is 9.42 Å². The summed E-state index contributed by atoms with van der Waals surface area (Å²) in [4.78, 5) is 19.1. The Morgan fingerprint density at radius 1 is 1.23 bits per heavy atom. The summed E-state index contributed by atoms with van der Waals surface area (Å²) in [7, 11) is 0. The Morgan fingerprint density at radius 3 is 2.54 bits per heavy atom. The van der Waals surface area contributed by atoms with Crippen molar-refractivity contribution in [2.45, 2.75) is 59.3 Å². The lowest BCUT2D eigenvalue weighted by Crippen LogP contribution is -2.44. The third-order valence-corrected chi connectivity index (χ3v) is 4.98. The van der Waals surface area contributed by atoms with Crippen molar-refractivity contribution in [2.75, 3.05) is 13.1 Å². The van der Waals surface area contributed by atoms with Crippen LogP contribution in [0, 0.1) is 5.41 Å². The van der Waals surface area contributed by atoms with Gasteiger partial charge in [-0.1, -0.05) is 64.0 Å². The van der Waals surface area contributed by atoms with Crippen molar-refractivity contribution < 1.29 is 9.32 Å². The number of likely N-dealkylation sites (tertiary alicyclic amines) is 1. The van der Waals surface area contributed by atoms with E-state index in [-0.39, 0.29) is 17.2 Å². The Hall–Kier alpha value is -2.17. The number of piperidine rings is 1. The molecule has 0 aliphatic carbocycles. The van der Waals surface area contributed by atoms with Crippen LogP contribution in [0.2, 0.25) is 0 Å². The molecule has 3 rings (SSSR count). The van der Waals surface area contributed by atoms with E-state index in [2.05, 4.69) is 36.1 Å². The lowest BCUT2D eigenvalue weighted by Gasteiger charge is -2.35. The van der Waals surface area contributed by atoms with Crippen LogP contribution in [0.25, 0.3) is 11.4 Å². The van der Waals surface area contributed by atoms with Gasteiger partial charge in [0.25, 0.3) is 0 Å². The van der Waals surface area contributed by atoms with Gasteiger partial charge in [0.05, 0.1) is 5.92 Å². The molecular weight excluding hydrogens is 326 g/mol. The predicted octanol–water partition coefficient (Wildman–Crippen LogP) is 4.61. The molecule has 2 heterocycles. The van der Waals surface area contributed by atoms with E-state index >= 15 is 0 Å². The van der Waals surface area contributed by atoms with E-state index in [0.717, 1.165) is 24.9 Å². The number of aromatic nitrogens is 2. The summed E-state index contributed by atoms with van der Waals surface area (Å²) in [6.07, 6.45) is 1.94. The fourth-order valence-corrected chi connectivity index (χ4v) is 3.37. The number of carbonyl (C=O) groups excluding carboxylic acids is 1. The molecular formula is C21H29N3O2. The number of benzene rings is 1. The molecule has 0 bridgehead atoms. The minimum atomic E-state index is -0.361. The van der Waals surface area contributed by atoms with Crippen molar-refractivity contribution in [3.63, 3.8) is 0 Å². The first-order valence-corrected chi connectivity index (χ1v) is 9.49. The highest BCUT2D eigenvalue weighted by Crippen LogP contribution is 2.30. The molecule has 1 aliphatic rings. The minimum Gasteiger partial charge on any atom is -0.341 e. The van der Waals surface area contributed by atoms with Crippen LogP contribution in [-0.4, -0.2) is 34.0 Å².